The predicted molar refractivity (Wildman–Crippen MR) is 123 cm³/mol. The van der Waals surface area contributed by atoms with Gasteiger partial charge in [0.15, 0.2) is 5.82 Å². The van der Waals surface area contributed by atoms with Gasteiger partial charge in [-0.25, -0.2) is 19.3 Å². The van der Waals surface area contributed by atoms with E-state index < -0.39 is 5.60 Å². The third-order valence-corrected chi connectivity index (χ3v) is 5.26. The first-order chi connectivity index (χ1) is 15.1. The summed E-state index contributed by atoms with van der Waals surface area (Å²) in [6.07, 6.45) is 6.65. The van der Waals surface area contributed by atoms with Crippen molar-refractivity contribution in [2.75, 3.05) is 25.0 Å². The van der Waals surface area contributed by atoms with Gasteiger partial charge < -0.3 is 19.9 Å². The molecule has 1 aliphatic heterocycles. The molecule has 3 heterocycles. The fourth-order valence-corrected chi connectivity index (χ4v) is 3.76. The summed E-state index contributed by atoms with van der Waals surface area (Å²) in [5, 5.41) is 7.19. The summed E-state index contributed by atoms with van der Waals surface area (Å²) in [5.41, 5.74) is 0.0551. The number of nitrogens with zero attached hydrogens (tertiary/aromatic N) is 5. The molecule has 1 saturated heterocycles. The van der Waals surface area contributed by atoms with Crippen molar-refractivity contribution in [1.82, 2.24) is 24.6 Å². The molecule has 1 fully saturated rings. The van der Waals surface area contributed by atoms with Gasteiger partial charge in [0.05, 0.1) is 5.69 Å². The fraction of sp³-hybridized carbons (Fsp3) is 0.565. The van der Waals surface area contributed by atoms with Crippen LogP contribution in [0.1, 0.15) is 47.5 Å². The molecule has 0 aromatic carbocycles. The molecule has 0 radical (unpaired) electrons. The van der Waals surface area contributed by atoms with Crippen molar-refractivity contribution in [3.05, 3.63) is 36.8 Å². The van der Waals surface area contributed by atoms with Gasteiger partial charge in [0.1, 0.15) is 5.60 Å². The Morgan fingerprint density at radius 3 is 2.72 bits per heavy atom. The second-order valence-electron chi connectivity index (χ2n) is 9.44. The van der Waals surface area contributed by atoms with Crippen molar-refractivity contribution in [3.8, 4) is 5.82 Å². The first kappa shape index (κ1) is 23.6. The summed E-state index contributed by atoms with van der Waals surface area (Å²) in [7, 11) is 0. The van der Waals surface area contributed by atoms with Crippen LogP contribution in [-0.4, -0.2) is 68.0 Å². The molecule has 9 heteroatoms. The van der Waals surface area contributed by atoms with Gasteiger partial charge in [0, 0.05) is 44.3 Å². The van der Waals surface area contributed by atoms with E-state index in [0.29, 0.717) is 31.1 Å². The standard InChI is InChI=1S/C23H34N6O3/c1-17(2)28(22(31)32-23(3,4)5)16-18-9-7-13-27(15-18)21(30)26-19-10-6-11-24-20(19)29-14-8-12-25-29/h6,8,10-12,14,17-18H,7,9,13,15-16H2,1-5H3,(H,26,30). The van der Waals surface area contributed by atoms with Gasteiger partial charge in [-0.2, -0.15) is 5.10 Å². The number of hydrogen-bond donors (Lipinski definition) is 1. The van der Waals surface area contributed by atoms with Crippen molar-refractivity contribution in [1.29, 1.82) is 0 Å². The molecule has 1 N–H and O–H groups in total. The van der Waals surface area contributed by atoms with Gasteiger partial charge in [0.25, 0.3) is 0 Å². The Kier molecular flexibility index (Phi) is 7.37. The van der Waals surface area contributed by atoms with E-state index in [4.69, 9.17) is 4.74 Å². The summed E-state index contributed by atoms with van der Waals surface area (Å²) in [5.74, 6) is 0.749. The minimum Gasteiger partial charge on any atom is -0.444 e. The van der Waals surface area contributed by atoms with Crippen LogP contribution in [-0.2, 0) is 4.74 Å². The van der Waals surface area contributed by atoms with Crippen LogP contribution in [0.4, 0.5) is 15.3 Å². The van der Waals surface area contributed by atoms with Crippen molar-refractivity contribution >= 4 is 17.8 Å². The first-order valence-electron chi connectivity index (χ1n) is 11.1. The zero-order chi connectivity index (χ0) is 23.3. The van der Waals surface area contributed by atoms with Crippen molar-refractivity contribution in [2.24, 2.45) is 5.92 Å². The lowest BCUT2D eigenvalue weighted by Crippen LogP contribution is -2.48. The number of rotatable bonds is 5. The largest absolute Gasteiger partial charge is 0.444 e. The number of ether oxygens (including phenoxy) is 1. The number of anilines is 1. The average molecular weight is 443 g/mol. The Hall–Kier alpha value is -3.10. The molecule has 1 atom stereocenters. The summed E-state index contributed by atoms with van der Waals surface area (Å²) in [4.78, 5) is 33.6. The van der Waals surface area contributed by atoms with E-state index in [2.05, 4.69) is 15.4 Å². The van der Waals surface area contributed by atoms with Gasteiger partial charge in [-0.15, -0.1) is 0 Å². The Morgan fingerprint density at radius 2 is 2.06 bits per heavy atom. The van der Waals surface area contributed by atoms with E-state index >= 15 is 0 Å². The van der Waals surface area contributed by atoms with Crippen LogP contribution in [0.3, 0.4) is 0 Å². The maximum atomic E-state index is 13.0. The molecule has 3 amide bonds. The molecule has 0 saturated carbocycles. The highest BCUT2D eigenvalue weighted by Gasteiger charge is 2.30. The first-order valence-corrected chi connectivity index (χ1v) is 11.1. The van der Waals surface area contributed by atoms with E-state index in [1.165, 1.54) is 0 Å². The maximum absolute atomic E-state index is 13.0. The molecule has 32 heavy (non-hydrogen) atoms. The van der Waals surface area contributed by atoms with Crippen molar-refractivity contribution in [2.45, 2.75) is 59.1 Å². The number of nitrogens with one attached hydrogen (secondary N) is 1. The Bertz CT molecular complexity index is 907. The highest BCUT2D eigenvalue weighted by Crippen LogP contribution is 2.22. The molecule has 0 aliphatic carbocycles. The highest BCUT2D eigenvalue weighted by atomic mass is 16.6. The highest BCUT2D eigenvalue weighted by molar-refractivity contribution is 5.91. The van der Waals surface area contributed by atoms with Crippen LogP contribution in [0.2, 0.25) is 0 Å². The van der Waals surface area contributed by atoms with Gasteiger partial charge in [-0.1, -0.05) is 0 Å². The minimum absolute atomic E-state index is 0.0149. The molecule has 2 aromatic heterocycles. The number of piperidine rings is 1. The molecule has 2 aromatic rings. The van der Waals surface area contributed by atoms with Crippen LogP contribution in [0.15, 0.2) is 36.8 Å². The molecule has 9 nitrogen and oxygen atoms in total. The quantitative estimate of drug-likeness (QED) is 0.751. The Labute approximate surface area is 189 Å². The molecule has 0 bridgehead atoms. The summed E-state index contributed by atoms with van der Waals surface area (Å²) in [6, 6.07) is 5.24. The van der Waals surface area contributed by atoms with Gasteiger partial charge >= 0.3 is 12.1 Å². The zero-order valence-electron chi connectivity index (χ0n) is 19.6. The van der Waals surface area contributed by atoms with E-state index in [0.717, 1.165) is 12.8 Å². The van der Waals surface area contributed by atoms with E-state index in [-0.39, 0.29) is 24.1 Å². The second kappa shape index (κ2) is 10.0. The third-order valence-electron chi connectivity index (χ3n) is 5.26. The summed E-state index contributed by atoms with van der Waals surface area (Å²) < 4.78 is 7.20. The monoisotopic (exact) mass is 442 g/mol. The summed E-state index contributed by atoms with van der Waals surface area (Å²) >= 11 is 0. The summed E-state index contributed by atoms with van der Waals surface area (Å²) in [6.45, 7) is 11.4. The van der Waals surface area contributed by atoms with E-state index in [9.17, 15) is 9.59 Å². The lowest BCUT2D eigenvalue weighted by Gasteiger charge is -2.37. The third kappa shape index (κ3) is 6.21. The molecule has 1 aliphatic rings. The number of carbonyl (C=O) groups is 2. The van der Waals surface area contributed by atoms with Gasteiger partial charge in [0.2, 0.25) is 0 Å². The normalized spacial score (nSPS) is 16.7. The lowest BCUT2D eigenvalue weighted by molar-refractivity contribution is 0.0132. The SMILES string of the molecule is CC(C)N(CC1CCCN(C(=O)Nc2cccnc2-n2cccn2)C1)C(=O)OC(C)(C)C. The second-order valence-corrected chi connectivity index (χ2v) is 9.44. The number of likely N-dealkylation sites (tertiary alicyclic amines) is 1. The molecule has 174 valence electrons. The zero-order valence-corrected chi connectivity index (χ0v) is 19.6. The minimum atomic E-state index is -0.543. The number of amides is 3. The van der Waals surface area contributed by atoms with Crippen LogP contribution >= 0.6 is 0 Å². The Morgan fingerprint density at radius 1 is 1.28 bits per heavy atom. The Balaban J connectivity index is 1.64. The number of carbonyl (C=O) groups excluding carboxylic acids is 2. The number of hydrogen-bond acceptors (Lipinski definition) is 5. The molecular weight excluding hydrogens is 408 g/mol. The molecule has 3 rings (SSSR count). The number of pyridine rings is 1. The van der Waals surface area contributed by atoms with Crippen molar-refractivity contribution < 1.29 is 14.3 Å². The fourth-order valence-electron chi connectivity index (χ4n) is 3.76. The van der Waals surface area contributed by atoms with E-state index in [1.54, 1.807) is 40.3 Å². The van der Waals surface area contributed by atoms with Gasteiger partial charge in [-0.3, -0.25) is 0 Å². The number of aromatic nitrogens is 3. The van der Waals surface area contributed by atoms with Crippen molar-refractivity contribution in [3.63, 3.8) is 0 Å². The topological polar surface area (TPSA) is 92.6 Å². The van der Waals surface area contributed by atoms with E-state index in [1.807, 2.05) is 45.6 Å². The van der Waals surface area contributed by atoms with Crippen LogP contribution in [0, 0.1) is 5.92 Å². The molecular formula is C23H34N6O3. The van der Waals surface area contributed by atoms with Gasteiger partial charge in [-0.05, 0) is 71.6 Å². The average Bonchev–Trinajstić information content (AvgIpc) is 3.25. The van der Waals surface area contributed by atoms with Crippen LogP contribution < -0.4 is 5.32 Å². The number of urea groups is 1. The lowest BCUT2D eigenvalue weighted by atomic mass is 9.97. The smallest absolute Gasteiger partial charge is 0.410 e. The maximum Gasteiger partial charge on any atom is 0.410 e. The molecule has 1 unspecified atom stereocenters. The molecule has 0 spiro atoms. The van der Waals surface area contributed by atoms with Crippen LogP contribution in [0.25, 0.3) is 5.82 Å². The predicted octanol–water partition coefficient (Wildman–Crippen LogP) is 4.16. The van der Waals surface area contributed by atoms with Crippen LogP contribution in [0.5, 0.6) is 0 Å².